The van der Waals surface area contributed by atoms with Crippen LogP contribution >= 0.6 is 0 Å². The van der Waals surface area contributed by atoms with Crippen molar-refractivity contribution in [1.82, 2.24) is 0 Å². The molecule has 0 saturated carbocycles. The second kappa shape index (κ2) is 10.5. The van der Waals surface area contributed by atoms with Gasteiger partial charge in [-0.1, -0.05) is 97.1 Å². The van der Waals surface area contributed by atoms with Crippen molar-refractivity contribution in [2.45, 2.75) is 13.8 Å². The summed E-state index contributed by atoms with van der Waals surface area (Å²) in [6.45, 7) is 3.22. The number of esters is 2. The second-order valence-electron chi connectivity index (χ2n) is 5.92. The van der Waals surface area contributed by atoms with E-state index in [-0.39, 0.29) is 0 Å². The van der Waals surface area contributed by atoms with Gasteiger partial charge in [0.2, 0.25) is 0 Å². The van der Waals surface area contributed by atoms with Gasteiger partial charge in [0.1, 0.15) is 0 Å². The first-order valence-corrected chi connectivity index (χ1v) is 8.63. The van der Waals surface area contributed by atoms with Crippen LogP contribution in [0, 0.1) is 0 Å². The number of rotatable bonds is 6. The lowest BCUT2D eigenvalue weighted by Crippen LogP contribution is -2.13. The van der Waals surface area contributed by atoms with Gasteiger partial charge in [-0.25, -0.2) is 9.59 Å². The minimum Gasteiger partial charge on any atom is -0.386 e. The van der Waals surface area contributed by atoms with Gasteiger partial charge in [-0.2, -0.15) is 0 Å². The number of hydrogen-bond donors (Lipinski definition) is 0. The van der Waals surface area contributed by atoms with Crippen LogP contribution in [0.2, 0.25) is 0 Å². The highest BCUT2D eigenvalue weighted by Crippen LogP contribution is 2.06. The van der Waals surface area contributed by atoms with Crippen molar-refractivity contribution in [3.63, 3.8) is 0 Å². The fraction of sp³-hybridized carbons (Fsp3) is 0.0833. The van der Waals surface area contributed by atoms with E-state index in [1.165, 1.54) is 0 Å². The molecule has 0 spiro atoms. The Hall–Kier alpha value is -3.46. The van der Waals surface area contributed by atoms with E-state index in [1.54, 1.807) is 38.2 Å². The van der Waals surface area contributed by atoms with E-state index in [0.29, 0.717) is 11.1 Å². The molecule has 0 bridgehead atoms. The minimum absolute atomic E-state index is 0.350. The highest BCUT2D eigenvalue weighted by Gasteiger charge is 2.12. The standard InChI is InChI=1S/C24H22O3/c1-19(11-9-17-21-13-5-3-6-14-21)23(25)27-24(26)20(2)12-10-18-22-15-7-4-8-16-22/h3-18H,1-2H3/b17-9+,18-10+,19-11+,20-12+. The maximum atomic E-state index is 12.0. The van der Waals surface area contributed by atoms with Crippen molar-refractivity contribution < 1.29 is 14.3 Å². The quantitative estimate of drug-likeness (QED) is 0.301. The van der Waals surface area contributed by atoms with Gasteiger partial charge >= 0.3 is 11.9 Å². The summed E-state index contributed by atoms with van der Waals surface area (Å²) in [5, 5.41) is 0. The zero-order chi connectivity index (χ0) is 19.5. The Balaban J connectivity index is 1.90. The van der Waals surface area contributed by atoms with Crippen molar-refractivity contribution in [3.8, 4) is 0 Å². The van der Waals surface area contributed by atoms with Gasteiger partial charge in [0.05, 0.1) is 0 Å². The molecular weight excluding hydrogens is 336 g/mol. The van der Waals surface area contributed by atoms with Crippen LogP contribution in [0.5, 0.6) is 0 Å². The van der Waals surface area contributed by atoms with E-state index in [2.05, 4.69) is 0 Å². The summed E-state index contributed by atoms with van der Waals surface area (Å²) in [5.74, 6) is -1.31. The molecule has 27 heavy (non-hydrogen) atoms. The van der Waals surface area contributed by atoms with E-state index >= 15 is 0 Å². The summed E-state index contributed by atoms with van der Waals surface area (Å²) < 4.78 is 4.90. The van der Waals surface area contributed by atoms with Gasteiger partial charge in [0.15, 0.2) is 0 Å². The molecule has 0 aliphatic carbocycles. The largest absolute Gasteiger partial charge is 0.386 e. The Morgan fingerprint density at radius 3 is 1.41 bits per heavy atom. The average molecular weight is 358 g/mol. The molecule has 0 fully saturated rings. The molecule has 0 aliphatic rings. The molecule has 0 amide bonds. The molecule has 0 unspecified atom stereocenters. The number of ether oxygens (including phenoxy) is 1. The fourth-order valence-corrected chi connectivity index (χ4v) is 2.12. The van der Waals surface area contributed by atoms with Crippen LogP contribution in [-0.4, -0.2) is 11.9 Å². The lowest BCUT2D eigenvalue weighted by atomic mass is 10.2. The van der Waals surface area contributed by atoms with Crippen LogP contribution in [0.3, 0.4) is 0 Å². The summed E-state index contributed by atoms with van der Waals surface area (Å²) >= 11 is 0. The maximum absolute atomic E-state index is 12.0. The van der Waals surface area contributed by atoms with Crippen LogP contribution in [0.15, 0.2) is 96.1 Å². The molecule has 0 saturated heterocycles. The van der Waals surface area contributed by atoms with Crippen molar-refractivity contribution in [3.05, 3.63) is 107 Å². The van der Waals surface area contributed by atoms with Crippen molar-refractivity contribution >= 4 is 24.1 Å². The Bertz CT molecular complexity index is 810. The van der Waals surface area contributed by atoms with E-state index in [1.807, 2.05) is 72.8 Å². The number of hydrogen-bond acceptors (Lipinski definition) is 3. The normalized spacial score (nSPS) is 12.5. The molecule has 3 heteroatoms. The smallest absolute Gasteiger partial charge is 0.341 e. The zero-order valence-electron chi connectivity index (χ0n) is 15.5. The topological polar surface area (TPSA) is 43.4 Å². The Labute approximate surface area is 160 Å². The second-order valence-corrected chi connectivity index (χ2v) is 5.92. The monoisotopic (exact) mass is 358 g/mol. The van der Waals surface area contributed by atoms with Gasteiger partial charge in [0, 0.05) is 11.1 Å². The van der Waals surface area contributed by atoms with Crippen molar-refractivity contribution in [2.24, 2.45) is 0 Å². The molecule has 0 aromatic heterocycles. The van der Waals surface area contributed by atoms with Crippen molar-refractivity contribution in [2.75, 3.05) is 0 Å². The third kappa shape index (κ3) is 7.12. The van der Waals surface area contributed by atoms with Gasteiger partial charge in [-0.15, -0.1) is 0 Å². The summed E-state index contributed by atoms with van der Waals surface area (Å²) in [4.78, 5) is 24.0. The third-order valence-electron chi connectivity index (χ3n) is 3.70. The fourth-order valence-electron chi connectivity index (χ4n) is 2.12. The van der Waals surface area contributed by atoms with Gasteiger partial charge in [-0.05, 0) is 25.0 Å². The molecule has 2 aromatic carbocycles. The number of allylic oxidation sites excluding steroid dienone is 4. The summed E-state index contributed by atoms with van der Waals surface area (Å²) in [6.07, 6.45) is 10.5. The average Bonchev–Trinajstić information content (AvgIpc) is 2.69. The number of benzene rings is 2. The Kier molecular flexibility index (Phi) is 7.73. The molecule has 0 N–H and O–H groups in total. The lowest BCUT2D eigenvalue weighted by molar-refractivity contribution is -0.153. The Morgan fingerprint density at radius 1 is 0.667 bits per heavy atom. The van der Waals surface area contributed by atoms with Crippen LogP contribution in [0.4, 0.5) is 0 Å². The van der Waals surface area contributed by atoms with Gasteiger partial charge in [0.25, 0.3) is 0 Å². The maximum Gasteiger partial charge on any atom is 0.341 e. The van der Waals surface area contributed by atoms with E-state index in [4.69, 9.17) is 4.74 Å². The van der Waals surface area contributed by atoms with E-state index < -0.39 is 11.9 Å². The third-order valence-corrected chi connectivity index (χ3v) is 3.70. The van der Waals surface area contributed by atoms with Crippen LogP contribution in [0.1, 0.15) is 25.0 Å². The van der Waals surface area contributed by atoms with Gasteiger partial charge in [-0.3, -0.25) is 0 Å². The van der Waals surface area contributed by atoms with E-state index in [0.717, 1.165) is 11.1 Å². The summed E-state index contributed by atoms with van der Waals surface area (Å²) in [6, 6.07) is 19.4. The first kappa shape index (κ1) is 19.9. The SMILES string of the molecule is C/C(=C\C=C\c1ccccc1)C(=O)OC(=O)/C(C)=C/C=C/c1ccccc1. The summed E-state index contributed by atoms with van der Waals surface area (Å²) in [7, 11) is 0. The van der Waals surface area contributed by atoms with Crippen LogP contribution in [-0.2, 0) is 14.3 Å². The predicted octanol–water partition coefficient (Wildman–Crippen LogP) is 5.38. The summed E-state index contributed by atoms with van der Waals surface area (Å²) in [5.41, 5.74) is 2.75. The zero-order valence-corrected chi connectivity index (χ0v) is 15.5. The molecular formula is C24H22O3. The lowest BCUT2D eigenvalue weighted by Gasteiger charge is -2.02. The molecule has 0 radical (unpaired) electrons. The van der Waals surface area contributed by atoms with Crippen LogP contribution < -0.4 is 0 Å². The predicted molar refractivity (Wildman–Crippen MR) is 110 cm³/mol. The van der Waals surface area contributed by atoms with Gasteiger partial charge < -0.3 is 4.74 Å². The molecule has 2 rings (SSSR count). The highest BCUT2D eigenvalue weighted by atomic mass is 16.6. The molecule has 2 aromatic rings. The van der Waals surface area contributed by atoms with Crippen molar-refractivity contribution in [1.29, 1.82) is 0 Å². The first-order chi connectivity index (χ1) is 13.1. The Morgan fingerprint density at radius 2 is 1.04 bits per heavy atom. The van der Waals surface area contributed by atoms with E-state index in [9.17, 15) is 9.59 Å². The molecule has 136 valence electrons. The number of carbonyl (C=O) groups is 2. The molecule has 0 aliphatic heterocycles. The molecule has 0 atom stereocenters. The molecule has 3 nitrogen and oxygen atoms in total. The first-order valence-electron chi connectivity index (χ1n) is 8.63. The number of carbonyl (C=O) groups excluding carboxylic acids is 2. The highest BCUT2D eigenvalue weighted by molar-refractivity contribution is 6.01. The van der Waals surface area contributed by atoms with Crippen LogP contribution in [0.25, 0.3) is 12.2 Å². The molecule has 0 heterocycles. The minimum atomic E-state index is -0.655.